The second-order valence-electron chi connectivity index (χ2n) is 3.36. The van der Waals surface area contributed by atoms with Crippen LogP contribution in [0.2, 0.25) is 0 Å². The number of rotatable bonds is 3. The number of hydrogen-bond donors (Lipinski definition) is 0. The molecule has 6 nitrogen and oxygen atoms in total. The third-order valence-corrected chi connectivity index (χ3v) is 3.02. The summed E-state index contributed by atoms with van der Waals surface area (Å²) in [4.78, 5) is 14.2. The molecule has 84 valence electrons. The van der Waals surface area contributed by atoms with E-state index in [4.69, 9.17) is 0 Å². The number of carbonyl (C=O) groups is 1. The molecule has 1 amide bonds. The lowest BCUT2D eigenvalue weighted by Crippen LogP contribution is -2.26. The van der Waals surface area contributed by atoms with Crippen LogP contribution in [0.15, 0.2) is 17.5 Å². The van der Waals surface area contributed by atoms with Crippen LogP contribution in [0.4, 0.5) is 0 Å². The summed E-state index contributed by atoms with van der Waals surface area (Å²) in [6.45, 7) is 0.403. The molecule has 0 saturated carbocycles. The number of aryl methyl sites for hydroxylation is 1. The molecular weight excluding hydrogens is 226 g/mol. The molecule has 0 radical (unpaired) electrons. The highest BCUT2D eigenvalue weighted by molar-refractivity contribution is 7.12. The van der Waals surface area contributed by atoms with Crippen LogP contribution in [0.25, 0.3) is 0 Å². The van der Waals surface area contributed by atoms with Gasteiger partial charge < -0.3 is 4.90 Å². The van der Waals surface area contributed by atoms with E-state index in [1.807, 2.05) is 11.4 Å². The number of aromatic nitrogens is 4. The SMILES string of the molecule is CN(Cc1nnnn1C)C(=O)c1cccs1. The number of tetrazole rings is 1. The Hall–Kier alpha value is -1.76. The number of carbonyl (C=O) groups excluding carboxylic acids is 1. The van der Waals surface area contributed by atoms with Crippen LogP contribution in [0, 0.1) is 0 Å². The van der Waals surface area contributed by atoms with Gasteiger partial charge in [-0.1, -0.05) is 6.07 Å². The van der Waals surface area contributed by atoms with Crippen LogP contribution in [0.1, 0.15) is 15.5 Å². The van der Waals surface area contributed by atoms with Crippen LogP contribution in [-0.2, 0) is 13.6 Å². The van der Waals surface area contributed by atoms with Crippen molar-refractivity contribution in [3.63, 3.8) is 0 Å². The molecule has 0 fully saturated rings. The highest BCUT2D eigenvalue weighted by atomic mass is 32.1. The van der Waals surface area contributed by atoms with E-state index in [1.165, 1.54) is 11.3 Å². The van der Waals surface area contributed by atoms with Gasteiger partial charge in [0, 0.05) is 14.1 Å². The molecule has 0 atom stereocenters. The fraction of sp³-hybridized carbons (Fsp3) is 0.333. The molecule has 0 saturated heterocycles. The Morgan fingerprint density at radius 2 is 2.44 bits per heavy atom. The van der Waals surface area contributed by atoms with Crippen molar-refractivity contribution in [3.8, 4) is 0 Å². The van der Waals surface area contributed by atoms with Crippen molar-refractivity contribution in [2.75, 3.05) is 7.05 Å². The molecule has 0 aromatic carbocycles. The van der Waals surface area contributed by atoms with Crippen molar-refractivity contribution in [1.82, 2.24) is 25.1 Å². The minimum absolute atomic E-state index is 0.0157. The van der Waals surface area contributed by atoms with Crippen LogP contribution >= 0.6 is 11.3 Å². The monoisotopic (exact) mass is 237 g/mol. The number of nitrogens with zero attached hydrogens (tertiary/aromatic N) is 5. The predicted octanol–water partition coefficient (Wildman–Crippen LogP) is 0.544. The molecule has 0 aliphatic rings. The zero-order chi connectivity index (χ0) is 11.5. The summed E-state index contributed by atoms with van der Waals surface area (Å²) < 4.78 is 1.55. The minimum Gasteiger partial charge on any atom is -0.333 e. The summed E-state index contributed by atoms with van der Waals surface area (Å²) in [5.74, 6) is 0.644. The molecule has 0 spiro atoms. The van der Waals surface area contributed by atoms with E-state index in [1.54, 1.807) is 29.7 Å². The molecular formula is C9H11N5OS. The van der Waals surface area contributed by atoms with E-state index in [2.05, 4.69) is 15.5 Å². The number of amides is 1. The fourth-order valence-corrected chi connectivity index (χ4v) is 1.97. The molecule has 2 heterocycles. The Balaban J connectivity index is 2.07. The zero-order valence-corrected chi connectivity index (χ0v) is 9.81. The maximum absolute atomic E-state index is 11.9. The standard InChI is InChI=1S/C9H11N5OS/c1-13(6-8-10-11-12-14(8)2)9(15)7-4-3-5-16-7/h3-5H,6H2,1-2H3. The van der Waals surface area contributed by atoms with Gasteiger partial charge in [0.1, 0.15) is 0 Å². The molecule has 0 unspecified atom stereocenters. The third-order valence-electron chi connectivity index (χ3n) is 2.17. The van der Waals surface area contributed by atoms with Crippen molar-refractivity contribution < 1.29 is 4.79 Å². The van der Waals surface area contributed by atoms with E-state index in [0.717, 1.165) is 4.88 Å². The van der Waals surface area contributed by atoms with Gasteiger partial charge in [-0.25, -0.2) is 4.68 Å². The normalized spacial score (nSPS) is 10.4. The Morgan fingerprint density at radius 1 is 1.62 bits per heavy atom. The van der Waals surface area contributed by atoms with Gasteiger partial charge in [-0.3, -0.25) is 4.79 Å². The van der Waals surface area contributed by atoms with Crippen molar-refractivity contribution in [2.45, 2.75) is 6.54 Å². The van der Waals surface area contributed by atoms with Crippen LogP contribution < -0.4 is 0 Å². The van der Waals surface area contributed by atoms with Crippen LogP contribution in [-0.4, -0.2) is 38.1 Å². The summed E-state index contributed by atoms with van der Waals surface area (Å²) in [7, 11) is 3.48. The second kappa shape index (κ2) is 4.40. The average Bonchev–Trinajstić information content (AvgIpc) is 2.89. The average molecular weight is 237 g/mol. The van der Waals surface area contributed by atoms with E-state index in [9.17, 15) is 4.79 Å². The van der Waals surface area contributed by atoms with Gasteiger partial charge in [-0.15, -0.1) is 16.4 Å². The molecule has 2 aromatic rings. The predicted molar refractivity (Wildman–Crippen MR) is 58.9 cm³/mol. The van der Waals surface area contributed by atoms with Gasteiger partial charge in [0.2, 0.25) is 0 Å². The van der Waals surface area contributed by atoms with Gasteiger partial charge >= 0.3 is 0 Å². The third kappa shape index (κ3) is 2.08. The smallest absolute Gasteiger partial charge is 0.264 e. The lowest BCUT2D eigenvalue weighted by Gasteiger charge is -2.14. The fourth-order valence-electron chi connectivity index (χ4n) is 1.25. The van der Waals surface area contributed by atoms with Gasteiger partial charge in [0.15, 0.2) is 5.82 Å². The minimum atomic E-state index is -0.0157. The summed E-state index contributed by atoms with van der Waals surface area (Å²) >= 11 is 1.43. The Morgan fingerprint density at radius 3 is 3.00 bits per heavy atom. The zero-order valence-electron chi connectivity index (χ0n) is 8.99. The second-order valence-corrected chi connectivity index (χ2v) is 4.30. The van der Waals surface area contributed by atoms with Crippen molar-refractivity contribution >= 4 is 17.2 Å². The largest absolute Gasteiger partial charge is 0.333 e. The Bertz CT molecular complexity index is 478. The van der Waals surface area contributed by atoms with Gasteiger partial charge in [0.05, 0.1) is 11.4 Å². The summed E-state index contributed by atoms with van der Waals surface area (Å²) in [6, 6.07) is 3.66. The van der Waals surface area contributed by atoms with Gasteiger partial charge in [-0.2, -0.15) is 0 Å². The Labute approximate surface area is 96.5 Å². The molecule has 2 aromatic heterocycles. The topological polar surface area (TPSA) is 63.9 Å². The lowest BCUT2D eigenvalue weighted by molar-refractivity contribution is 0.0785. The van der Waals surface area contributed by atoms with Crippen molar-refractivity contribution in [1.29, 1.82) is 0 Å². The lowest BCUT2D eigenvalue weighted by atomic mass is 10.4. The first-order valence-corrected chi connectivity index (χ1v) is 5.56. The Kier molecular flexibility index (Phi) is 2.95. The van der Waals surface area contributed by atoms with E-state index in [-0.39, 0.29) is 5.91 Å². The quantitative estimate of drug-likeness (QED) is 0.781. The maximum Gasteiger partial charge on any atom is 0.264 e. The summed E-state index contributed by atoms with van der Waals surface area (Å²) in [5, 5.41) is 12.9. The molecule has 2 rings (SSSR count). The molecule has 0 aliphatic heterocycles. The first-order chi connectivity index (χ1) is 7.68. The first-order valence-electron chi connectivity index (χ1n) is 4.68. The van der Waals surface area contributed by atoms with E-state index in [0.29, 0.717) is 12.4 Å². The van der Waals surface area contributed by atoms with Crippen LogP contribution in [0.3, 0.4) is 0 Å². The number of hydrogen-bond acceptors (Lipinski definition) is 5. The van der Waals surface area contributed by atoms with Gasteiger partial charge in [-0.05, 0) is 21.9 Å². The maximum atomic E-state index is 11.9. The van der Waals surface area contributed by atoms with Crippen molar-refractivity contribution in [2.24, 2.45) is 7.05 Å². The molecule has 0 aliphatic carbocycles. The summed E-state index contributed by atoms with van der Waals surface area (Å²) in [5.41, 5.74) is 0. The van der Waals surface area contributed by atoms with E-state index < -0.39 is 0 Å². The molecule has 0 bridgehead atoms. The van der Waals surface area contributed by atoms with Gasteiger partial charge in [0.25, 0.3) is 5.91 Å². The van der Waals surface area contributed by atoms with E-state index >= 15 is 0 Å². The molecule has 16 heavy (non-hydrogen) atoms. The highest BCUT2D eigenvalue weighted by Gasteiger charge is 2.15. The molecule has 0 N–H and O–H groups in total. The first kappa shape index (κ1) is 10.7. The van der Waals surface area contributed by atoms with Crippen molar-refractivity contribution in [3.05, 3.63) is 28.2 Å². The van der Waals surface area contributed by atoms with Crippen LogP contribution in [0.5, 0.6) is 0 Å². The summed E-state index contributed by atoms with van der Waals surface area (Å²) in [6.07, 6.45) is 0. The highest BCUT2D eigenvalue weighted by Crippen LogP contribution is 2.12. The number of thiophene rings is 1. The molecule has 7 heteroatoms.